The average Bonchev–Trinajstić information content (AvgIpc) is 2.26. The summed E-state index contributed by atoms with van der Waals surface area (Å²) in [5.74, 6) is -0.877. The molecule has 1 rings (SSSR count). The number of carboxylic acids is 1. The first-order valence-corrected chi connectivity index (χ1v) is 5.49. The third-order valence-corrected chi connectivity index (χ3v) is 2.86. The van der Waals surface area contributed by atoms with Crippen LogP contribution >= 0.6 is 0 Å². The number of carboxylic acid groups (broad SMARTS) is 1. The van der Waals surface area contributed by atoms with Crippen LogP contribution in [-0.4, -0.2) is 28.2 Å². The van der Waals surface area contributed by atoms with Crippen molar-refractivity contribution < 1.29 is 14.6 Å². The van der Waals surface area contributed by atoms with Gasteiger partial charge in [-0.1, -0.05) is 0 Å². The van der Waals surface area contributed by atoms with E-state index in [1.54, 1.807) is 27.9 Å². The van der Waals surface area contributed by atoms with E-state index in [2.05, 4.69) is 9.97 Å². The maximum absolute atomic E-state index is 11.0. The van der Waals surface area contributed by atoms with Gasteiger partial charge in [0.15, 0.2) is 5.82 Å². The van der Waals surface area contributed by atoms with Crippen LogP contribution in [0, 0.1) is 13.8 Å². The Hall–Kier alpha value is -1.49. The molecule has 0 amide bonds. The summed E-state index contributed by atoms with van der Waals surface area (Å²) in [5, 5.41) is 9.03. The second-order valence-electron chi connectivity index (χ2n) is 4.10. The fraction of sp³-hybridized carbons (Fsp3) is 0.583. The molecule has 2 atom stereocenters. The summed E-state index contributed by atoms with van der Waals surface area (Å²) in [4.78, 5) is 19.6. The summed E-state index contributed by atoms with van der Waals surface area (Å²) in [6.07, 6.45) is -0.193. The number of methoxy groups -OCH3 is 1. The van der Waals surface area contributed by atoms with Crippen molar-refractivity contribution in [1.82, 2.24) is 9.97 Å². The topological polar surface area (TPSA) is 72.3 Å². The van der Waals surface area contributed by atoms with Gasteiger partial charge in [0.1, 0.15) is 6.10 Å². The molecule has 1 heterocycles. The predicted octanol–water partition coefficient (Wildman–Crippen LogP) is 1.99. The van der Waals surface area contributed by atoms with Crippen LogP contribution in [0.4, 0.5) is 0 Å². The fourth-order valence-electron chi connectivity index (χ4n) is 1.79. The molecule has 1 aromatic heterocycles. The molecule has 1 N–H and O–H groups in total. The van der Waals surface area contributed by atoms with Crippen LogP contribution in [-0.2, 0) is 9.53 Å². The minimum atomic E-state index is -0.868. The SMILES string of the molecule is COC(C)c1nc(C)c(C(C)C(=O)O)c(C)n1. The second kappa shape index (κ2) is 5.23. The van der Waals surface area contributed by atoms with E-state index in [-0.39, 0.29) is 6.10 Å². The minimum Gasteiger partial charge on any atom is -0.481 e. The van der Waals surface area contributed by atoms with Gasteiger partial charge in [0.2, 0.25) is 0 Å². The molecule has 0 aliphatic rings. The van der Waals surface area contributed by atoms with Crippen molar-refractivity contribution in [3.63, 3.8) is 0 Å². The lowest BCUT2D eigenvalue weighted by atomic mass is 9.98. The highest BCUT2D eigenvalue weighted by atomic mass is 16.5. The van der Waals surface area contributed by atoms with Gasteiger partial charge in [-0.25, -0.2) is 9.97 Å². The number of hydrogen-bond donors (Lipinski definition) is 1. The second-order valence-corrected chi connectivity index (χ2v) is 4.10. The van der Waals surface area contributed by atoms with Crippen molar-refractivity contribution in [2.24, 2.45) is 0 Å². The van der Waals surface area contributed by atoms with Crippen LogP contribution in [0.3, 0.4) is 0 Å². The van der Waals surface area contributed by atoms with Gasteiger partial charge in [0.05, 0.1) is 5.92 Å². The summed E-state index contributed by atoms with van der Waals surface area (Å²) < 4.78 is 5.15. The molecule has 5 heteroatoms. The molecular formula is C12H18N2O3. The highest BCUT2D eigenvalue weighted by Gasteiger charge is 2.21. The molecule has 0 saturated heterocycles. The lowest BCUT2D eigenvalue weighted by Crippen LogP contribution is -2.15. The van der Waals surface area contributed by atoms with Gasteiger partial charge in [-0.3, -0.25) is 4.79 Å². The first-order chi connectivity index (χ1) is 7.88. The van der Waals surface area contributed by atoms with Crippen LogP contribution in [0.2, 0.25) is 0 Å². The van der Waals surface area contributed by atoms with E-state index >= 15 is 0 Å². The maximum atomic E-state index is 11.0. The number of aryl methyl sites for hydroxylation is 2. The van der Waals surface area contributed by atoms with E-state index in [9.17, 15) is 4.79 Å². The van der Waals surface area contributed by atoms with Crippen LogP contribution in [0.15, 0.2) is 0 Å². The number of aliphatic carboxylic acids is 1. The number of ether oxygens (including phenoxy) is 1. The standard InChI is InChI=1S/C12H18N2O3/c1-6(12(15)16)10-7(2)13-11(9(4)17-5)14-8(10)3/h6,9H,1-5H3,(H,15,16). The Kier molecular flexibility index (Phi) is 4.17. The third kappa shape index (κ3) is 2.79. The van der Waals surface area contributed by atoms with Gasteiger partial charge in [-0.05, 0) is 27.7 Å². The Balaban J connectivity index is 3.24. The maximum Gasteiger partial charge on any atom is 0.310 e. The minimum absolute atomic E-state index is 0.193. The normalized spacial score (nSPS) is 14.4. The van der Waals surface area contributed by atoms with Gasteiger partial charge in [0.25, 0.3) is 0 Å². The largest absolute Gasteiger partial charge is 0.481 e. The van der Waals surface area contributed by atoms with Gasteiger partial charge < -0.3 is 9.84 Å². The van der Waals surface area contributed by atoms with E-state index in [0.717, 1.165) is 0 Å². The number of rotatable bonds is 4. The van der Waals surface area contributed by atoms with Crippen LogP contribution in [0.5, 0.6) is 0 Å². The Labute approximate surface area is 101 Å². The van der Waals surface area contributed by atoms with E-state index in [4.69, 9.17) is 9.84 Å². The molecule has 0 saturated carbocycles. The molecule has 1 aromatic rings. The summed E-state index contributed by atoms with van der Waals surface area (Å²) in [6.45, 7) is 7.10. The molecule has 0 radical (unpaired) electrons. The van der Waals surface area contributed by atoms with Crippen molar-refractivity contribution in [3.8, 4) is 0 Å². The number of carbonyl (C=O) groups is 1. The summed E-state index contributed by atoms with van der Waals surface area (Å²) in [5.41, 5.74) is 2.09. The van der Waals surface area contributed by atoms with Crippen LogP contribution in [0.1, 0.15) is 48.6 Å². The van der Waals surface area contributed by atoms with Crippen molar-refractivity contribution in [1.29, 1.82) is 0 Å². The number of aromatic nitrogens is 2. The first kappa shape index (κ1) is 13.6. The molecule has 2 unspecified atom stereocenters. The van der Waals surface area contributed by atoms with Crippen molar-refractivity contribution in [2.75, 3.05) is 7.11 Å². The first-order valence-electron chi connectivity index (χ1n) is 5.49. The molecule has 0 bridgehead atoms. The monoisotopic (exact) mass is 238 g/mol. The van der Waals surface area contributed by atoms with Gasteiger partial charge in [-0.15, -0.1) is 0 Å². The van der Waals surface area contributed by atoms with Gasteiger partial charge in [-0.2, -0.15) is 0 Å². The highest BCUT2D eigenvalue weighted by molar-refractivity contribution is 5.76. The fourth-order valence-corrected chi connectivity index (χ4v) is 1.79. The molecular weight excluding hydrogens is 220 g/mol. The predicted molar refractivity (Wildman–Crippen MR) is 63.0 cm³/mol. The Morgan fingerprint density at radius 3 is 2.06 bits per heavy atom. The average molecular weight is 238 g/mol. The molecule has 5 nitrogen and oxygen atoms in total. The zero-order valence-electron chi connectivity index (χ0n) is 10.8. The Morgan fingerprint density at radius 1 is 1.24 bits per heavy atom. The quantitative estimate of drug-likeness (QED) is 0.868. The summed E-state index contributed by atoms with van der Waals surface area (Å²) in [7, 11) is 1.59. The van der Waals surface area contributed by atoms with Crippen LogP contribution in [0.25, 0.3) is 0 Å². The lowest BCUT2D eigenvalue weighted by molar-refractivity contribution is -0.138. The van der Waals surface area contributed by atoms with E-state index in [1.165, 1.54) is 0 Å². The molecule has 94 valence electrons. The van der Waals surface area contributed by atoms with E-state index < -0.39 is 11.9 Å². The highest BCUT2D eigenvalue weighted by Crippen LogP contribution is 2.23. The zero-order valence-corrected chi connectivity index (χ0v) is 10.8. The van der Waals surface area contributed by atoms with Crippen molar-refractivity contribution >= 4 is 5.97 Å². The third-order valence-electron chi connectivity index (χ3n) is 2.86. The van der Waals surface area contributed by atoms with E-state index in [1.807, 2.05) is 6.92 Å². The Morgan fingerprint density at radius 2 is 1.71 bits per heavy atom. The molecule has 0 spiro atoms. The Bertz CT molecular complexity index is 409. The zero-order chi connectivity index (χ0) is 13.2. The summed E-state index contributed by atoms with van der Waals surface area (Å²) in [6, 6.07) is 0. The molecule has 17 heavy (non-hydrogen) atoms. The number of nitrogens with zero attached hydrogens (tertiary/aromatic N) is 2. The summed E-state index contributed by atoms with van der Waals surface area (Å²) >= 11 is 0. The molecule has 0 fully saturated rings. The van der Waals surface area contributed by atoms with Crippen molar-refractivity contribution in [3.05, 3.63) is 22.8 Å². The molecule has 0 aliphatic carbocycles. The molecule has 0 aromatic carbocycles. The van der Waals surface area contributed by atoms with Gasteiger partial charge >= 0.3 is 5.97 Å². The van der Waals surface area contributed by atoms with Gasteiger partial charge in [0, 0.05) is 24.1 Å². The van der Waals surface area contributed by atoms with E-state index in [0.29, 0.717) is 22.8 Å². The lowest BCUT2D eigenvalue weighted by Gasteiger charge is -2.16. The molecule has 0 aliphatic heterocycles. The smallest absolute Gasteiger partial charge is 0.310 e. The van der Waals surface area contributed by atoms with Crippen LogP contribution < -0.4 is 0 Å². The number of hydrogen-bond acceptors (Lipinski definition) is 4. The van der Waals surface area contributed by atoms with Crippen molar-refractivity contribution in [2.45, 2.75) is 39.7 Å².